The number of piperazine rings is 1. The van der Waals surface area contributed by atoms with Gasteiger partial charge in [0.15, 0.2) is 5.82 Å². The van der Waals surface area contributed by atoms with E-state index in [9.17, 15) is 0 Å². The predicted octanol–water partition coefficient (Wildman–Crippen LogP) is 1.94. The molecule has 0 bridgehead atoms. The standard InChI is InChI=1S/C14H26N4/c1-6-12-8-15-13(10(2)3)9-18(12)14-7-11(4)17(5)16-14/h7,10,12-13,15H,6,8-9H2,1-5H3. The van der Waals surface area contributed by atoms with E-state index in [1.165, 1.54) is 5.69 Å². The lowest BCUT2D eigenvalue weighted by atomic mass is 9.98. The van der Waals surface area contributed by atoms with Crippen LogP contribution in [0.15, 0.2) is 6.07 Å². The molecule has 0 aliphatic carbocycles. The van der Waals surface area contributed by atoms with Crippen molar-refractivity contribution < 1.29 is 0 Å². The van der Waals surface area contributed by atoms with Crippen LogP contribution in [-0.4, -0.2) is 35.0 Å². The molecule has 18 heavy (non-hydrogen) atoms. The molecule has 2 atom stereocenters. The molecule has 4 heteroatoms. The Balaban J connectivity index is 2.20. The first kappa shape index (κ1) is 13.4. The molecule has 1 aliphatic rings. The maximum Gasteiger partial charge on any atom is 0.151 e. The number of aryl methyl sites for hydroxylation is 2. The number of hydrogen-bond acceptors (Lipinski definition) is 3. The fraction of sp³-hybridized carbons (Fsp3) is 0.786. The van der Waals surface area contributed by atoms with Gasteiger partial charge in [-0.2, -0.15) is 5.10 Å². The van der Waals surface area contributed by atoms with E-state index in [1.54, 1.807) is 0 Å². The molecule has 4 nitrogen and oxygen atoms in total. The van der Waals surface area contributed by atoms with E-state index in [4.69, 9.17) is 0 Å². The molecule has 0 saturated carbocycles. The van der Waals surface area contributed by atoms with Gasteiger partial charge in [0.1, 0.15) is 0 Å². The molecular weight excluding hydrogens is 224 g/mol. The number of nitrogens with zero attached hydrogens (tertiary/aromatic N) is 3. The smallest absolute Gasteiger partial charge is 0.151 e. The summed E-state index contributed by atoms with van der Waals surface area (Å²) in [6, 6.07) is 3.33. The van der Waals surface area contributed by atoms with Gasteiger partial charge in [0.2, 0.25) is 0 Å². The average Bonchev–Trinajstić information content (AvgIpc) is 2.68. The summed E-state index contributed by atoms with van der Waals surface area (Å²) in [5, 5.41) is 8.31. The average molecular weight is 250 g/mol. The summed E-state index contributed by atoms with van der Waals surface area (Å²) >= 11 is 0. The Labute approximate surface area is 110 Å². The Morgan fingerprint density at radius 1 is 1.50 bits per heavy atom. The monoisotopic (exact) mass is 250 g/mol. The molecule has 2 unspecified atom stereocenters. The predicted molar refractivity (Wildman–Crippen MR) is 76.0 cm³/mol. The summed E-state index contributed by atoms with van der Waals surface area (Å²) < 4.78 is 1.97. The van der Waals surface area contributed by atoms with Crippen LogP contribution in [0, 0.1) is 12.8 Å². The van der Waals surface area contributed by atoms with Crippen molar-refractivity contribution in [1.29, 1.82) is 0 Å². The van der Waals surface area contributed by atoms with Gasteiger partial charge in [-0.15, -0.1) is 0 Å². The van der Waals surface area contributed by atoms with Crippen LogP contribution in [0.2, 0.25) is 0 Å². The largest absolute Gasteiger partial charge is 0.349 e. The van der Waals surface area contributed by atoms with Gasteiger partial charge in [0.25, 0.3) is 0 Å². The normalized spacial score (nSPS) is 24.9. The van der Waals surface area contributed by atoms with Crippen molar-refractivity contribution >= 4 is 5.82 Å². The number of nitrogens with one attached hydrogen (secondary N) is 1. The summed E-state index contributed by atoms with van der Waals surface area (Å²) in [7, 11) is 2.02. The third kappa shape index (κ3) is 2.53. The van der Waals surface area contributed by atoms with Crippen LogP contribution in [0.25, 0.3) is 0 Å². The highest BCUT2D eigenvalue weighted by Crippen LogP contribution is 2.22. The molecule has 1 aliphatic heterocycles. The third-order valence-corrected chi connectivity index (χ3v) is 4.12. The highest BCUT2D eigenvalue weighted by Gasteiger charge is 2.29. The SMILES string of the molecule is CCC1CNC(C(C)C)CN1c1cc(C)n(C)n1. The maximum absolute atomic E-state index is 4.64. The number of anilines is 1. The van der Waals surface area contributed by atoms with E-state index in [1.807, 2.05) is 11.7 Å². The zero-order chi connectivity index (χ0) is 13.3. The number of aromatic nitrogens is 2. The first-order valence-corrected chi connectivity index (χ1v) is 7.03. The van der Waals surface area contributed by atoms with Gasteiger partial charge in [-0.3, -0.25) is 4.68 Å². The van der Waals surface area contributed by atoms with Gasteiger partial charge in [-0.05, 0) is 19.3 Å². The summed E-state index contributed by atoms with van der Waals surface area (Å²) in [5.74, 6) is 1.80. The lowest BCUT2D eigenvalue weighted by Crippen LogP contribution is -2.58. The van der Waals surface area contributed by atoms with E-state index >= 15 is 0 Å². The lowest BCUT2D eigenvalue weighted by molar-refractivity contribution is 0.323. The second-order valence-corrected chi connectivity index (χ2v) is 5.74. The van der Waals surface area contributed by atoms with Crippen molar-refractivity contribution in [2.75, 3.05) is 18.0 Å². The molecular formula is C14H26N4. The molecule has 1 fully saturated rings. The van der Waals surface area contributed by atoms with Crippen molar-refractivity contribution in [3.63, 3.8) is 0 Å². The molecule has 0 spiro atoms. The minimum Gasteiger partial charge on any atom is -0.349 e. The van der Waals surface area contributed by atoms with Crippen molar-refractivity contribution in [3.8, 4) is 0 Å². The summed E-state index contributed by atoms with van der Waals surface area (Å²) in [6.07, 6.45) is 1.16. The summed E-state index contributed by atoms with van der Waals surface area (Å²) in [5.41, 5.74) is 1.22. The van der Waals surface area contributed by atoms with Crippen LogP contribution in [0.4, 0.5) is 5.82 Å². The Bertz CT molecular complexity index is 377. The summed E-state index contributed by atoms with van der Waals surface area (Å²) in [4.78, 5) is 2.48. The van der Waals surface area contributed by atoms with E-state index < -0.39 is 0 Å². The fourth-order valence-electron chi connectivity index (χ4n) is 2.60. The van der Waals surface area contributed by atoms with Gasteiger partial charge in [-0.25, -0.2) is 0 Å². The molecule has 0 amide bonds. The van der Waals surface area contributed by atoms with E-state index in [-0.39, 0.29) is 0 Å². The quantitative estimate of drug-likeness (QED) is 0.890. The molecule has 1 saturated heterocycles. The van der Waals surface area contributed by atoms with E-state index in [0.29, 0.717) is 18.0 Å². The Morgan fingerprint density at radius 3 is 2.72 bits per heavy atom. The molecule has 102 valence electrons. The first-order chi connectivity index (χ1) is 8.52. The van der Waals surface area contributed by atoms with E-state index in [2.05, 4.69) is 49.1 Å². The molecule has 1 aromatic heterocycles. The number of rotatable bonds is 3. The highest BCUT2D eigenvalue weighted by molar-refractivity contribution is 5.42. The van der Waals surface area contributed by atoms with Crippen molar-refractivity contribution in [2.24, 2.45) is 13.0 Å². The second kappa shape index (κ2) is 5.31. The van der Waals surface area contributed by atoms with Crippen LogP contribution in [0.5, 0.6) is 0 Å². The van der Waals surface area contributed by atoms with Gasteiger partial charge in [0, 0.05) is 44.0 Å². The van der Waals surface area contributed by atoms with E-state index in [0.717, 1.165) is 25.3 Å². The van der Waals surface area contributed by atoms with Crippen LogP contribution in [-0.2, 0) is 7.05 Å². The minimum atomic E-state index is 0.564. The first-order valence-electron chi connectivity index (χ1n) is 7.03. The molecule has 0 radical (unpaired) electrons. The molecule has 2 heterocycles. The zero-order valence-corrected chi connectivity index (χ0v) is 12.3. The number of hydrogen-bond donors (Lipinski definition) is 1. The Morgan fingerprint density at radius 2 is 2.22 bits per heavy atom. The fourth-order valence-corrected chi connectivity index (χ4v) is 2.60. The van der Waals surface area contributed by atoms with Crippen molar-refractivity contribution in [1.82, 2.24) is 15.1 Å². The second-order valence-electron chi connectivity index (χ2n) is 5.74. The maximum atomic E-state index is 4.64. The van der Waals surface area contributed by atoms with Crippen LogP contribution >= 0.6 is 0 Å². The van der Waals surface area contributed by atoms with Crippen molar-refractivity contribution in [3.05, 3.63) is 11.8 Å². The van der Waals surface area contributed by atoms with Crippen LogP contribution < -0.4 is 10.2 Å². The lowest BCUT2D eigenvalue weighted by Gasteiger charge is -2.41. The molecule has 0 aromatic carbocycles. The summed E-state index contributed by atoms with van der Waals surface area (Å²) in [6.45, 7) is 11.1. The zero-order valence-electron chi connectivity index (χ0n) is 12.3. The van der Waals surface area contributed by atoms with Crippen molar-refractivity contribution in [2.45, 2.75) is 46.2 Å². The molecule has 2 rings (SSSR count). The highest BCUT2D eigenvalue weighted by atomic mass is 15.4. The van der Waals surface area contributed by atoms with Gasteiger partial charge < -0.3 is 10.2 Å². The Hall–Kier alpha value is -1.03. The van der Waals surface area contributed by atoms with Gasteiger partial charge in [-0.1, -0.05) is 20.8 Å². The van der Waals surface area contributed by atoms with Gasteiger partial charge in [0.05, 0.1) is 0 Å². The van der Waals surface area contributed by atoms with Crippen LogP contribution in [0.1, 0.15) is 32.9 Å². The minimum absolute atomic E-state index is 0.564. The van der Waals surface area contributed by atoms with Crippen LogP contribution in [0.3, 0.4) is 0 Å². The van der Waals surface area contributed by atoms with Gasteiger partial charge >= 0.3 is 0 Å². The Kier molecular flexibility index (Phi) is 3.95. The third-order valence-electron chi connectivity index (χ3n) is 4.12. The molecule has 1 N–H and O–H groups in total. The molecule has 1 aromatic rings. The topological polar surface area (TPSA) is 33.1 Å².